The second kappa shape index (κ2) is 5.58. The van der Waals surface area contributed by atoms with E-state index in [-0.39, 0.29) is 25.2 Å². The number of aldehydes is 1. The predicted octanol–water partition coefficient (Wildman–Crippen LogP) is 1.43. The van der Waals surface area contributed by atoms with Crippen molar-refractivity contribution in [3.8, 4) is 0 Å². The Morgan fingerprint density at radius 2 is 2.38 bits per heavy atom. The number of ketones is 1. The van der Waals surface area contributed by atoms with Crippen LogP contribution in [0.15, 0.2) is 12.2 Å². The molecule has 1 rings (SSSR count). The van der Waals surface area contributed by atoms with E-state index in [1.165, 1.54) is 6.08 Å². The molecule has 16 heavy (non-hydrogen) atoms. The molecule has 0 radical (unpaired) electrons. The molecule has 0 amide bonds. The van der Waals surface area contributed by atoms with Gasteiger partial charge in [0.1, 0.15) is 11.7 Å². The minimum absolute atomic E-state index is 0.207. The molecule has 0 aliphatic heterocycles. The smallest absolute Gasteiger partial charge is 0.320 e. The average molecular weight is 224 g/mol. The van der Waals surface area contributed by atoms with Gasteiger partial charge in [0.15, 0.2) is 5.78 Å². The summed E-state index contributed by atoms with van der Waals surface area (Å²) in [5.41, 5.74) is -1.12. The fourth-order valence-corrected chi connectivity index (χ4v) is 1.93. The van der Waals surface area contributed by atoms with Gasteiger partial charge in [0, 0.05) is 6.42 Å². The van der Waals surface area contributed by atoms with E-state index in [1.54, 1.807) is 13.0 Å². The van der Waals surface area contributed by atoms with Crippen molar-refractivity contribution in [3.05, 3.63) is 12.2 Å². The van der Waals surface area contributed by atoms with Crippen molar-refractivity contribution in [2.24, 2.45) is 5.41 Å². The van der Waals surface area contributed by atoms with Gasteiger partial charge in [-0.25, -0.2) is 0 Å². The largest absolute Gasteiger partial charge is 0.465 e. The van der Waals surface area contributed by atoms with Crippen LogP contribution in [0.2, 0.25) is 0 Å². The summed E-state index contributed by atoms with van der Waals surface area (Å²) in [6, 6.07) is 0. The highest BCUT2D eigenvalue weighted by molar-refractivity contribution is 6.09. The van der Waals surface area contributed by atoms with Crippen molar-refractivity contribution >= 4 is 18.0 Å². The Kier molecular flexibility index (Phi) is 4.40. The van der Waals surface area contributed by atoms with Crippen LogP contribution in [0.3, 0.4) is 0 Å². The second-order valence-electron chi connectivity index (χ2n) is 3.81. The van der Waals surface area contributed by atoms with Crippen LogP contribution in [-0.2, 0) is 19.1 Å². The number of carbonyl (C=O) groups excluding carboxylic acids is 3. The molecule has 4 heteroatoms. The predicted molar refractivity (Wildman–Crippen MR) is 57.7 cm³/mol. The summed E-state index contributed by atoms with van der Waals surface area (Å²) in [5.74, 6) is -0.731. The SMILES string of the molecule is CCOC(=O)[C@@]1(CCC=O)CCC=CC1=O. The van der Waals surface area contributed by atoms with Crippen molar-refractivity contribution in [2.75, 3.05) is 6.61 Å². The number of allylic oxidation sites excluding steroid dienone is 2. The number of ether oxygens (including phenoxy) is 1. The molecule has 1 aliphatic carbocycles. The molecular weight excluding hydrogens is 208 g/mol. The second-order valence-corrected chi connectivity index (χ2v) is 3.81. The van der Waals surface area contributed by atoms with Gasteiger partial charge in [-0.3, -0.25) is 9.59 Å². The molecule has 1 aliphatic rings. The summed E-state index contributed by atoms with van der Waals surface area (Å²) in [6.45, 7) is 1.95. The fraction of sp³-hybridized carbons (Fsp3) is 0.583. The third-order valence-electron chi connectivity index (χ3n) is 2.83. The molecule has 4 nitrogen and oxygen atoms in total. The summed E-state index contributed by atoms with van der Waals surface area (Å²) >= 11 is 0. The molecule has 0 saturated heterocycles. The van der Waals surface area contributed by atoms with E-state index in [1.807, 2.05) is 0 Å². The molecule has 0 N–H and O–H groups in total. The normalized spacial score (nSPS) is 24.2. The van der Waals surface area contributed by atoms with Crippen LogP contribution in [0.1, 0.15) is 32.6 Å². The highest BCUT2D eigenvalue weighted by atomic mass is 16.5. The van der Waals surface area contributed by atoms with E-state index in [0.29, 0.717) is 12.8 Å². The standard InChI is InChI=1S/C12H16O4/c1-2-16-11(15)12(8-5-9-13)7-4-3-6-10(12)14/h3,6,9H,2,4-5,7-8H2,1H3/t12-/m1/s1. The van der Waals surface area contributed by atoms with Crippen LogP contribution >= 0.6 is 0 Å². The lowest BCUT2D eigenvalue weighted by Gasteiger charge is -2.30. The molecule has 0 saturated carbocycles. The summed E-state index contributed by atoms with van der Waals surface area (Å²) in [7, 11) is 0. The lowest BCUT2D eigenvalue weighted by atomic mass is 9.73. The lowest BCUT2D eigenvalue weighted by Crippen LogP contribution is -2.41. The first kappa shape index (κ1) is 12.6. The Morgan fingerprint density at radius 3 is 2.94 bits per heavy atom. The third-order valence-corrected chi connectivity index (χ3v) is 2.83. The van der Waals surface area contributed by atoms with E-state index in [4.69, 9.17) is 4.74 Å². The molecule has 0 aromatic rings. The molecule has 0 fully saturated rings. The van der Waals surface area contributed by atoms with Gasteiger partial charge in [0.25, 0.3) is 0 Å². The van der Waals surface area contributed by atoms with Gasteiger partial charge in [-0.15, -0.1) is 0 Å². The zero-order chi connectivity index (χ0) is 12.0. The van der Waals surface area contributed by atoms with Crippen LogP contribution in [0.4, 0.5) is 0 Å². The van der Waals surface area contributed by atoms with E-state index < -0.39 is 11.4 Å². The Bertz CT molecular complexity index is 319. The van der Waals surface area contributed by atoms with Crippen molar-refractivity contribution in [1.29, 1.82) is 0 Å². The molecule has 0 unspecified atom stereocenters. The lowest BCUT2D eigenvalue weighted by molar-refractivity contribution is -0.160. The molecule has 0 spiro atoms. The van der Waals surface area contributed by atoms with E-state index >= 15 is 0 Å². The van der Waals surface area contributed by atoms with Crippen LogP contribution in [-0.4, -0.2) is 24.6 Å². The maximum Gasteiger partial charge on any atom is 0.320 e. The van der Waals surface area contributed by atoms with Gasteiger partial charge in [-0.05, 0) is 32.3 Å². The van der Waals surface area contributed by atoms with Crippen molar-refractivity contribution in [1.82, 2.24) is 0 Å². The zero-order valence-corrected chi connectivity index (χ0v) is 9.40. The molecular formula is C12H16O4. The summed E-state index contributed by atoms with van der Waals surface area (Å²) in [6.07, 6.45) is 5.47. The number of hydrogen-bond acceptors (Lipinski definition) is 4. The highest BCUT2D eigenvalue weighted by Gasteiger charge is 2.45. The first-order valence-electron chi connectivity index (χ1n) is 5.49. The average Bonchev–Trinajstić information content (AvgIpc) is 2.28. The summed E-state index contributed by atoms with van der Waals surface area (Å²) in [4.78, 5) is 34.1. The maximum atomic E-state index is 11.8. The van der Waals surface area contributed by atoms with Crippen LogP contribution in [0, 0.1) is 5.41 Å². The quantitative estimate of drug-likeness (QED) is 0.402. The summed E-state index contributed by atoms with van der Waals surface area (Å²) < 4.78 is 4.94. The first-order chi connectivity index (χ1) is 7.67. The van der Waals surface area contributed by atoms with Crippen LogP contribution in [0.25, 0.3) is 0 Å². The fourth-order valence-electron chi connectivity index (χ4n) is 1.93. The minimum Gasteiger partial charge on any atom is -0.465 e. The van der Waals surface area contributed by atoms with Crippen LogP contribution in [0.5, 0.6) is 0 Å². The molecule has 0 aromatic heterocycles. The van der Waals surface area contributed by atoms with E-state index in [2.05, 4.69) is 0 Å². The first-order valence-corrected chi connectivity index (χ1v) is 5.49. The zero-order valence-electron chi connectivity index (χ0n) is 9.40. The minimum atomic E-state index is -1.12. The molecule has 0 bridgehead atoms. The molecule has 1 atom stereocenters. The Labute approximate surface area is 94.7 Å². The van der Waals surface area contributed by atoms with E-state index in [9.17, 15) is 14.4 Å². The number of esters is 1. The van der Waals surface area contributed by atoms with Crippen molar-refractivity contribution in [3.63, 3.8) is 0 Å². The van der Waals surface area contributed by atoms with Gasteiger partial charge in [0.2, 0.25) is 0 Å². The molecule has 0 heterocycles. The topological polar surface area (TPSA) is 60.4 Å². The van der Waals surface area contributed by atoms with Gasteiger partial charge in [0.05, 0.1) is 6.61 Å². The third kappa shape index (κ3) is 2.38. The van der Waals surface area contributed by atoms with Gasteiger partial charge < -0.3 is 9.53 Å². The van der Waals surface area contributed by atoms with E-state index in [0.717, 1.165) is 6.29 Å². The van der Waals surface area contributed by atoms with Crippen LogP contribution < -0.4 is 0 Å². The van der Waals surface area contributed by atoms with Crippen molar-refractivity contribution < 1.29 is 19.1 Å². The number of rotatable bonds is 5. The highest BCUT2D eigenvalue weighted by Crippen LogP contribution is 2.35. The number of hydrogen-bond donors (Lipinski definition) is 0. The monoisotopic (exact) mass is 224 g/mol. The van der Waals surface area contributed by atoms with Crippen molar-refractivity contribution in [2.45, 2.75) is 32.6 Å². The van der Waals surface area contributed by atoms with Gasteiger partial charge in [-0.2, -0.15) is 0 Å². The number of carbonyl (C=O) groups is 3. The molecule has 88 valence electrons. The Balaban J connectivity index is 2.91. The van der Waals surface area contributed by atoms with Gasteiger partial charge >= 0.3 is 5.97 Å². The van der Waals surface area contributed by atoms with Gasteiger partial charge in [-0.1, -0.05) is 6.08 Å². The molecule has 0 aromatic carbocycles. The summed E-state index contributed by atoms with van der Waals surface area (Å²) in [5, 5.41) is 0. The maximum absolute atomic E-state index is 11.8. The Hall–Kier alpha value is -1.45. The Morgan fingerprint density at radius 1 is 1.62 bits per heavy atom.